The molecule has 1 unspecified atom stereocenters. The third-order valence-electron chi connectivity index (χ3n) is 2.45. The number of nitrogens with zero attached hydrogens (tertiary/aromatic N) is 2. The van der Waals surface area contributed by atoms with E-state index in [1.165, 1.54) is 0 Å². The Morgan fingerprint density at radius 1 is 1.44 bits per heavy atom. The minimum Gasteiger partial charge on any atom is -0.393 e. The fraction of sp³-hybridized carbons (Fsp3) is 0.500. The van der Waals surface area contributed by atoms with Crippen LogP contribution < -0.4 is 11.1 Å². The van der Waals surface area contributed by atoms with Crippen LogP contribution >= 0.6 is 12.2 Å². The van der Waals surface area contributed by atoms with Crippen LogP contribution in [0.2, 0.25) is 0 Å². The smallest absolute Gasteiger partial charge is 0.236 e. The highest BCUT2D eigenvalue weighted by Crippen LogP contribution is 2.11. The molecule has 0 aliphatic carbocycles. The number of aromatic nitrogens is 2. The van der Waals surface area contributed by atoms with Gasteiger partial charge in [-0.1, -0.05) is 25.6 Å². The molecule has 0 aliphatic heterocycles. The second-order valence-corrected chi connectivity index (χ2v) is 4.68. The summed E-state index contributed by atoms with van der Waals surface area (Å²) >= 11 is 4.90. The van der Waals surface area contributed by atoms with Crippen molar-refractivity contribution in [3.63, 3.8) is 0 Å². The van der Waals surface area contributed by atoms with E-state index in [1.54, 1.807) is 0 Å². The molecular weight excluding hydrogens is 248 g/mol. The summed E-state index contributed by atoms with van der Waals surface area (Å²) in [5.74, 6) is -0.404. The van der Waals surface area contributed by atoms with Gasteiger partial charge in [-0.3, -0.25) is 10.1 Å². The number of carbonyl (C=O) groups is 1. The van der Waals surface area contributed by atoms with E-state index >= 15 is 0 Å². The fourth-order valence-electron chi connectivity index (χ4n) is 1.67. The molecule has 0 bridgehead atoms. The molecule has 1 aromatic heterocycles. The van der Waals surface area contributed by atoms with Gasteiger partial charge < -0.3 is 5.73 Å². The van der Waals surface area contributed by atoms with Crippen molar-refractivity contribution in [2.45, 2.75) is 33.6 Å². The van der Waals surface area contributed by atoms with Gasteiger partial charge in [-0.2, -0.15) is 0 Å². The van der Waals surface area contributed by atoms with Gasteiger partial charge in [0.25, 0.3) is 0 Å². The molecule has 1 rings (SSSR count). The highest BCUT2D eigenvalue weighted by molar-refractivity contribution is 7.80. The maximum Gasteiger partial charge on any atom is 0.236 e. The number of thiocarbonyl (C=S) groups is 1. The Labute approximate surface area is 112 Å². The van der Waals surface area contributed by atoms with E-state index < -0.39 is 5.92 Å². The van der Waals surface area contributed by atoms with Crippen molar-refractivity contribution < 1.29 is 4.79 Å². The number of hydrogen-bond acceptors (Lipinski definition) is 4. The Hall–Kier alpha value is -1.56. The molecule has 0 aliphatic rings. The molecular formula is C12H18N4OS. The number of amides is 1. The fourth-order valence-corrected chi connectivity index (χ4v) is 1.90. The second-order valence-electron chi connectivity index (χ2n) is 4.21. The highest BCUT2D eigenvalue weighted by Gasteiger charge is 2.21. The number of nitrogens with one attached hydrogen (secondary N) is 1. The number of carbonyl (C=O) groups excluding carboxylic acids is 1. The molecule has 1 atom stereocenters. The SMILES string of the molecule is CCCC(C(=O)Nc1nc(C)cc(C)n1)C(N)=S. The number of aryl methyl sites for hydroxylation is 2. The van der Waals surface area contributed by atoms with Crippen molar-refractivity contribution in [3.05, 3.63) is 17.5 Å². The molecule has 0 fully saturated rings. The van der Waals surface area contributed by atoms with Gasteiger partial charge in [0.1, 0.15) is 0 Å². The minimum absolute atomic E-state index is 0.207. The maximum absolute atomic E-state index is 12.0. The zero-order valence-electron chi connectivity index (χ0n) is 10.9. The number of anilines is 1. The third-order valence-corrected chi connectivity index (χ3v) is 2.74. The van der Waals surface area contributed by atoms with E-state index in [0.717, 1.165) is 17.8 Å². The molecule has 5 nitrogen and oxygen atoms in total. The van der Waals surface area contributed by atoms with Crippen LogP contribution in [0.15, 0.2) is 6.07 Å². The highest BCUT2D eigenvalue weighted by atomic mass is 32.1. The average molecular weight is 266 g/mol. The van der Waals surface area contributed by atoms with E-state index in [9.17, 15) is 4.79 Å². The first-order chi connectivity index (χ1) is 8.43. The normalized spacial score (nSPS) is 11.9. The summed E-state index contributed by atoms with van der Waals surface area (Å²) in [6, 6.07) is 1.84. The lowest BCUT2D eigenvalue weighted by Gasteiger charge is -2.14. The van der Waals surface area contributed by atoms with Crippen molar-refractivity contribution in [1.82, 2.24) is 9.97 Å². The van der Waals surface area contributed by atoms with Gasteiger partial charge in [0, 0.05) is 11.4 Å². The Bertz CT molecular complexity index is 441. The van der Waals surface area contributed by atoms with Gasteiger partial charge in [-0.05, 0) is 26.3 Å². The summed E-state index contributed by atoms with van der Waals surface area (Å²) in [4.78, 5) is 20.5. The van der Waals surface area contributed by atoms with Crippen molar-refractivity contribution in [2.24, 2.45) is 11.7 Å². The van der Waals surface area contributed by atoms with Crippen molar-refractivity contribution >= 4 is 29.1 Å². The van der Waals surface area contributed by atoms with Crippen molar-refractivity contribution in [2.75, 3.05) is 5.32 Å². The molecule has 1 aromatic rings. The number of hydrogen-bond donors (Lipinski definition) is 2. The topological polar surface area (TPSA) is 80.9 Å². The van der Waals surface area contributed by atoms with Crippen LogP contribution in [0.1, 0.15) is 31.2 Å². The molecule has 98 valence electrons. The minimum atomic E-state index is -0.464. The molecule has 3 N–H and O–H groups in total. The molecule has 0 aromatic carbocycles. The first kappa shape index (κ1) is 14.5. The first-order valence-corrected chi connectivity index (χ1v) is 6.27. The summed E-state index contributed by atoms with van der Waals surface area (Å²) in [5, 5.41) is 2.66. The third kappa shape index (κ3) is 4.03. The molecule has 0 radical (unpaired) electrons. The molecule has 1 heterocycles. The lowest BCUT2D eigenvalue weighted by molar-refractivity contribution is -0.118. The van der Waals surface area contributed by atoms with Crippen LogP contribution in [0.5, 0.6) is 0 Å². The van der Waals surface area contributed by atoms with Crippen LogP contribution in [0.25, 0.3) is 0 Å². The van der Waals surface area contributed by atoms with Gasteiger partial charge in [-0.25, -0.2) is 9.97 Å². The van der Waals surface area contributed by atoms with Crippen molar-refractivity contribution in [1.29, 1.82) is 0 Å². The first-order valence-electron chi connectivity index (χ1n) is 5.86. The Morgan fingerprint density at radius 3 is 2.44 bits per heavy atom. The zero-order chi connectivity index (χ0) is 13.7. The lowest BCUT2D eigenvalue weighted by Crippen LogP contribution is -2.33. The average Bonchev–Trinajstić information content (AvgIpc) is 2.23. The van der Waals surface area contributed by atoms with E-state index in [4.69, 9.17) is 18.0 Å². The van der Waals surface area contributed by atoms with E-state index in [1.807, 2.05) is 26.8 Å². The summed E-state index contributed by atoms with van der Waals surface area (Å²) in [7, 11) is 0. The van der Waals surface area contributed by atoms with E-state index in [0.29, 0.717) is 12.4 Å². The van der Waals surface area contributed by atoms with Crippen LogP contribution in [-0.4, -0.2) is 20.9 Å². The number of rotatable bonds is 5. The van der Waals surface area contributed by atoms with Crippen LogP contribution in [0.4, 0.5) is 5.95 Å². The molecule has 0 saturated heterocycles. The molecule has 6 heteroatoms. The summed E-state index contributed by atoms with van der Waals surface area (Å²) in [6.45, 7) is 5.68. The van der Waals surface area contributed by atoms with Crippen LogP contribution in [0.3, 0.4) is 0 Å². The van der Waals surface area contributed by atoms with Gasteiger partial charge >= 0.3 is 0 Å². The van der Waals surface area contributed by atoms with Crippen molar-refractivity contribution in [3.8, 4) is 0 Å². The van der Waals surface area contributed by atoms with Gasteiger partial charge in [0.2, 0.25) is 11.9 Å². The molecule has 0 saturated carbocycles. The van der Waals surface area contributed by atoms with E-state index in [2.05, 4.69) is 15.3 Å². The van der Waals surface area contributed by atoms with Gasteiger partial charge in [0.15, 0.2) is 0 Å². The largest absolute Gasteiger partial charge is 0.393 e. The van der Waals surface area contributed by atoms with Gasteiger partial charge in [-0.15, -0.1) is 0 Å². The standard InChI is InChI=1S/C12H18N4OS/c1-4-5-9(10(13)18)11(17)16-12-14-7(2)6-8(3)15-12/h6,9H,4-5H2,1-3H3,(H2,13,18)(H,14,15,16,17). The van der Waals surface area contributed by atoms with Crippen LogP contribution in [0, 0.1) is 19.8 Å². The summed E-state index contributed by atoms with van der Waals surface area (Å²) in [5.41, 5.74) is 7.18. The molecule has 0 spiro atoms. The Kier molecular flexibility index (Phi) is 5.15. The molecule has 1 amide bonds. The predicted octanol–water partition coefficient (Wildman–Crippen LogP) is 1.73. The summed E-state index contributed by atoms with van der Waals surface area (Å²) in [6.07, 6.45) is 1.47. The second kappa shape index (κ2) is 6.39. The summed E-state index contributed by atoms with van der Waals surface area (Å²) < 4.78 is 0. The number of nitrogens with two attached hydrogens (primary N) is 1. The zero-order valence-corrected chi connectivity index (χ0v) is 11.7. The monoisotopic (exact) mass is 266 g/mol. The lowest BCUT2D eigenvalue weighted by atomic mass is 10.0. The Balaban J connectivity index is 2.82. The van der Waals surface area contributed by atoms with Gasteiger partial charge in [0.05, 0.1) is 10.9 Å². The maximum atomic E-state index is 12.0. The predicted molar refractivity (Wildman–Crippen MR) is 75.3 cm³/mol. The van der Waals surface area contributed by atoms with E-state index in [-0.39, 0.29) is 10.9 Å². The van der Waals surface area contributed by atoms with Crippen LogP contribution in [-0.2, 0) is 4.79 Å². The quantitative estimate of drug-likeness (QED) is 0.793. The Morgan fingerprint density at radius 2 is 2.00 bits per heavy atom. The molecule has 18 heavy (non-hydrogen) atoms.